The second kappa shape index (κ2) is 5.47. The molecule has 23 heavy (non-hydrogen) atoms. The Hall–Kier alpha value is -2.75. The quantitative estimate of drug-likeness (QED) is 0.695. The maximum Gasteiger partial charge on any atom is 0.256 e. The molecule has 1 fully saturated rings. The molecule has 1 amide bonds. The van der Waals surface area contributed by atoms with Crippen molar-refractivity contribution in [3.63, 3.8) is 0 Å². The summed E-state index contributed by atoms with van der Waals surface area (Å²) in [5, 5.41) is 9.70. The molecule has 1 aliphatic heterocycles. The van der Waals surface area contributed by atoms with E-state index in [9.17, 15) is 9.90 Å². The molecule has 4 nitrogen and oxygen atoms in total. The molecule has 0 aromatic heterocycles. The lowest BCUT2D eigenvalue weighted by Crippen LogP contribution is -2.48. The molecular formula is C19H19NO3. The standard InChI is InChI=1S/C19H19NO3/c1-11-8-15(10-17(23-4)12(11)2)20-18(13(3)19(20)22)14-6-5-7-16(21)9-14/h5-10,18,21H,3H2,1-2,4H3/t18-/m1/s1. The van der Waals surface area contributed by atoms with Crippen LogP contribution in [-0.2, 0) is 4.79 Å². The summed E-state index contributed by atoms with van der Waals surface area (Å²) in [6.07, 6.45) is 0. The highest BCUT2D eigenvalue weighted by atomic mass is 16.5. The van der Waals surface area contributed by atoms with Crippen LogP contribution < -0.4 is 9.64 Å². The predicted molar refractivity (Wildman–Crippen MR) is 89.9 cm³/mol. The first-order chi connectivity index (χ1) is 10.9. The highest BCUT2D eigenvalue weighted by Gasteiger charge is 2.43. The third-order valence-corrected chi connectivity index (χ3v) is 4.37. The number of anilines is 1. The zero-order valence-corrected chi connectivity index (χ0v) is 13.5. The number of ether oxygens (including phenoxy) is 1. The number of phenolic OH excluding ortho intramolecular Hbond substituents is 1. The highest BCUT2D eigenvalue weighted by molar-refractivity contribution is 6.15. The molecule has 3 rings (SSSR count). The Labute approximate surface area is 135 Å². The van der Waals surface area contributed by atoms with Gasteiger partial charge in [0.15, 0.2) is 0 Å². The third kappa shape index (κ3) is 2.36. The van der Waals surface area contributed by atoms with E-state index in [-0.39, 0.29) is 17.7 Å². The first kappa shape index (κ1) is 15.2. The first-order valence-electron chi connectivity index (χ1n) is 7.40. The minimum absolute atomic E-state index is 0.108. The summed E-state index contributed by atoms with van der Waals surface area (Å²) in [7, 11) is 1.62. The van der Waals surface area contributed by atoms with Gasteiger partial charge in [-0.15, -0.1) is 0 Å². The van der Waals surface area contributed by atoms with E-state index in [1.54, 1.807) is 30.2 Å². The summed E-state index contributed by atoms with van der Waals surface area (Å²) in [5.74, 6) is 0.816. The summed E-state index contributed by atoms with van der Waals surface area (Å²) in [6, 6.07) is 10.5. The van der Waals surface area contributed by atoms with Crippen LogP contribution in [0.2, 0.25) is 0 Å². The molecule has 1 saturated heterocycles. The number of carbonyl (C=O) groups is 1. The molecular weight excluding hydrogens is 290 g/mol. The minimum Gasteiger partial charge on any atom is -0.508 e. The fourth-order valence-corrected chi connectivity index (χ4v) is 2.95. The molecule has 0 saturated carbocycles. The van der Waals surface area contributed by atoms with Crippen molar-refractivity contribution >= 4 is 11.6 Å². The summed E-state index contributed by atoms with van der Waals surface area (Å²) in [6.45, 7) is 7.86. The fourth-order valence-electron chi connectivity index (χ4n) is 2.95. The Bertz CT molecular complexity index is 810. The summed E-state index contributed by atoms with van der Waals surface area (Å²) >= 11 is 0. The number of aryl methyl sites for hydroxylation is 1. The molecule has 2 aromatic rings. The van der Waals surface area contributed by atoms with E-state index in [4.69, 9.17) is 4.74 Å². The fraction of sp³-hybridized carbons (Fsp3) is 0.211. The average Bonchev–Trinajstić information content (AvgIpc) is 2.54. The van der Waals surface area contributed by atoms with E-state index in [1.165, 1.54) is 0 Å². The molecule has 1 aliphatic rings. The van der Waals surface area contributed by atoms with E-state index in [0.717, 1.165) is 28.1 Å². The summed E-state index contributed by atoms with van der Waals surface area (Å²) in [5.41, 5.74) is 4.24. The van der Waals surface area contributed by atoms with Crippen LogP contribution >= 0.6 is 0 Å². The number of nitrogens with zero attached hydrogens (tertiary/aromatic N) is 1. The van der Waals surface area contributed by atoms with Crippen LogP contribution in [0.4, 0.5) is 5.69 Å². The minimum atomic E-state index is -0.263. The lowest BCUT2D eigenvalue weighted by Gasteiger charge is -2.42. The molecule has 1 heterocycles. The van der Waals surface area contributed by atoms with E-state index < -0.39 is 0 Å². The SMILES string of the molecule is C=C1C(=O)N(c2cc(C)c(C)c(OC)c2)[C@H]1c1cccc(O)c1. The van der Waals surface area contributed by atoms with Crippen LogP contribution in [-0.4, -0.2) is 18.1 Å². The van der Waals surface area contributed by atoms with Crippen molar-refractivity contribution in [2.24, 2.45) is 0 Å². The molecule has 118 valence electrons. The molecule has 4 heteroatoms. The smallest absolute Gasteiger partial charge is 0.256 e. The molecule has 1 N–H and O–H groups in total. The van der Waals surface area contributed by atoms with Crippen molar-refractivity contribution in [3.8, 4) is 11.5 Å². The van der Waals surface area contributed by atoms with Gasteiger partial charge in [0.1, 0.15) is 11.5 Å². The summed E-state index contributed by atoms with van der Waals surface area (Å²) in [4.78, 5) is 14.0. The van der Waals surface area contributed by atoms with Gasteiger partial charge in [0, 0.05) is 17.3 Å². The van der Waals surface area contributed by atoms with E-state index in [0.29, 0.717) is 5.57 Å². The van der Waals surface area contributed by atoms with Crippen molar-refractivity contribution in [1.29, 1.82) is 0 Å². The largest absolute Gasteiger partial charge is 0.508 e. The van der Waals surface area contributed by atoms with Crippen LogP contribution in [0.3, 0.4) is 0 Å². The topological polar surface area (TPSA) is 49.8 Å². The van der Waals surface area contributed by atoms with Crippen molar-refractivity contribution in [2.75, 3.05) is 12.0 Å². The van der Waals surface area contributed by atoms with Gasteiger partial charge in [-0.2, -0.15) is 0 Å². The summed E-state index contributed by atoms with van der Waals surface area (Å²) < 4.78 is 5.41. The van der Waals surface area contributed by atoms with Crippen molar-refractivity contribution < 1.29 is 14.6 Å². The number of amides is 1. The predicted octanol–water partition coefficient (Wildman–Crippen LogP) is 3.66. The third-order valence-electron chi connectivity index (χ3n) is 4.37. The molecule has 2 aromatic carbocycles. The number of phenols is 1. The van der Waals surface area contributed by atoms with Crippen LogP contribution in [0.1, 0.15) is 22.7 Å². The Morgan fingerprint density at radius 3 is 2.61 bits per heavy atom. The van der Waals surface area contributed by atoms with Gasteiger partial charge in [0.25, 0.3) is 5.91 Å². The Balaban J connectivity index is 2.06. The van der Waals surface area contributed by atoms with Gasteiger partial charge in [0.05, 0.1) is 13.2 Å². The maximum absolute atomic E-state index is 12.3. The van der Waals surface area contributed by atoms with Crippen LogP contribution in [0.15, 0.2) is 48.6 Å². The van der Waals surface area contributed by atoms with Crippen molar-refractivity contribution in [3.05, 3.63) is 65.2 Å². The Morgan fingerprint density at radius 2 is 1.96 bits per heavy atom. The first-order valence-corrected chi connectivity index (χ1v) is 7.40. The Kier molecular flexibility index (Phi) is 3.60. The van der Waals surface area contributed by atoms with Gasteiger partial charge in [0.2, 0.25) is 0 Å². The zero-order valence-electron chi connectivity index (χ0n) is 13.5. The number of carbonyl (C=O) groups excluding carboxylic acids is 1. The molecule has 0 unspecified atom stereocenters. The van der Waals surface area contributed by atoms with E-state index >= 15 is 0 Å². The normalized spacial score (nSPS) is 17.2. The lowest BCUT2D eigenvalue weighted by atomic mass is 9.88. The van der Waals surface area contributed by atoms with Crippen molar-refractivity contribution in [2.45, 2.75) is 19.9 Å². The van der Waals surface area contributed by atoms with Gasteiger partial charge in [-0.05, 0) is 48.7 Å². The van der Waals surface area contributed by atoms with Crippen LogP contribution in [0.25, 0.3) is 0 Å². The number of hydrogen-bond donors (Lipinski definition) is 1. The number of rotatable bonds is 3. The average molecular weight is 309 g/mol. The zero-order chi connectivity index (χ0) is 16.7. The molecule has 0 radical (unpaired) electrons. The number of aromatic hydroxyl groups is 1. The molecule has 1 atom stereocenters. The van der Waals surface area contributed by atoms with Gasteiger partial charge in [-0.25, -0.2) is 0 Å². The Morgan fingerprint density at radius 1 is 1.22 bits per heavy atom. The van der Waals surface area contributed by atoms with Gasteiger partial charge in [-0.3, -0.25) is 9.69 Å². The number of benzene rings is 2. The van der Waals surface area contributed by atoms with Crippen LogP contribution in [0.5, 0.6) is 11.5 Å². The lowest BCUT2D eigenvalue weighted by molar-refractivity contribution is -0.118. The second-order valence-corrected chi connectivity index (χ2v) is 5.79. The number of hydrogen-bond acceptors (Lipinski definition) is 3. The van der Waals surface area contributed by atoms with E-state index in [2.05, 4.69) is 6.58 Å². The van der Waals surface area contributed by atoms with Gasteiger partial charge < -0.3 is 9.84 Å². The molecule has 0 bridgehead atoms. The second-order valence-electron chi connectivity index (χ2n) is 5.79. The maximum atomic E-state index is 12.3. The number of β-lactam (4-membered cyclic amide) rings is 1. The van der Waals surface area contributed by atoms with Crippen LogP contribution in [0, 0.1) is 13.8 Å². The monoisotopic (exact) mass is 309 g/mol. The molecule has 0 aliphatic carbocycles. The highest BCUT2D eigenvalue weighted by Crippen LogP contribution is 2.44. The number of methoxy groups -OCH3 is 1. The van der Waals surface area contributed by atoms with Gasteiger partial charge >= 0.3 is 0 Å². The van der Waals surface area contributed by atoms with Crippen molar-refractivity contribution in [1.82, 2.24) is 0 Å². The van der Waals surface area contributed by atoms with Gasteiger partial charge in [-0.1, -0.05) is 18.7 Å². The van der Waals surface area contributed by atoms with E-state index in [1.807, 2.05) is 32.0 Å². The molecule has 0 spiro atoms.